The summed E-state index contributed by atoms with van der Waals surface area (Å²) in [5, 5.41) is 12.0. The number of hydrogen-bond acceptors (Lipinski definition) is 2. The maximum absolute atomic E-state index is 10.8. The number of rotatable bonds is 6. The van der Waals surface area contributed by atoms with E-state index >= 15 is 0 Å². The van der Waals surface area contributed by atoms with Crippen molar-refractivity contribution in [1.29, 1.82) is 0 Å². The minimum Gasteiger partial charge on any atom is -0.480 e. The Kier molecular flexibility index (Phi) is 5.71. The van der Waals surface area contributed by atoms with E-state index in [4.69, 9.17) is 5.11 Å². The van der Waals surface area contributed by atoms with Crippen molar-refractivity contribution in [2.45, 2.75) is 52.6 Å². The van der Waals surface area contributed by atoms with Crippen LogP contribution in [-0.4, -0.2) is 23.2 Å². The molecule has 0 radical (unpaired) electrons. The maximum atomic E-state index is 10.8. The van der Waals surface area contributed by atoms with Crippen LogP contribution in [0.5, 0.6) is 0 Å². The van der Waals surface area contributed by atoms with Crippen molar-refractivity contribution >= 4 is 5.97 Å². The lowest BCUT2D eigenvalue weighted by Gasteiger charge is -2.22. The minimum absolute atomic E-state index is 0.136. The fourth-order valence-corrected chi connectivity index (χ4v) is 1.37. The van der Waals surface area contributed by atoms with E-state index in [0.717, 1.165) is 12.8 Å². The van der Waals surface area contributed by atoms with Crippen LogP contribution in [0.4, 0.5) is 0 Å². The van der Waals surface area contributed by atoms with E-state index < -0.39 is 12.0 Å². The van der Waals surface area contributed by atoms with Crippen LogP contribution in [0, 0.1) is 5.92 Å². The zero-order chi connectivity index (χ0) is 10.4. The van der Waals surface area contributed by atoms with Crippen LogP contribution in [0.3, 0.4) is 0 Å². The summed E-state index contributed by atoms with van der Waals surface area (Å²) >= 11 is 0. The lowest BCUT2D eigenvalue weighted by atomic mass is 10.0. The number of aliphatic carboxylic acids is 1. The van der Waals surface area contributed by atoms with Crippen molar-refractivity contribution in [2.24, 2.45) is 5.92 Å². The summed E-state index contributed by atoms with van der Waals surface area (Å²) in [7, 11) is 0. The Morgan fingerprint density at radius 3 is 2.23 bits per heavy atom. The third-order valence-corrected chi connectivity index (χ3v) is 2.12. The van der Waals surface area contributed by atoms with Gasteiger partial charge in [-0.3, -0.25) is 4.79 Å². The van der Waals surface area contributed by atoms with Gasteiger partial charge in [-0.05, 0) is 19.3 Å². The molecule has 0 amide bonds. The molecule has 2 N–H and O–H groups in total. The second kappa shape index (κ2) is 5.97. The molecule has 0 rings (SSSR count). The second-order valence-electron chi connectivity index (χ2n) is 3.92. The Balaban J connectivity index is 4.02. The smallest absolute Gasteiger partial charge is 0.320 e. The average Bonchev–Trinajstić information content (AvgIpc) is 1.99. The molecule has 3 heteroatoms. The predicted octanol–water partition coefficient (Wildman–Crippen LogP) is 1.87. The molecule has 0 saturated heterocycles. The quantitative estimate of drug-likeness (QED) is 0.667. The van der Waals surface area contributed by atoms with E-state index in [1.165, 1.54) is 0 Å². The number of carboxylic acid groups (broad SMARTS) is 1. The highest BCUT2D eigenvalue weighted by Gasteiger charge is 2.22. The number of nitrogens with one attached hydrogen (secondary N) is 1. The Labute approximate surface area is 80.5 Å². The Morgan fingerprint density at radius 1 is 1.38 bits per heavy atom. The van der Waals surface area contributed by atoms with Gasteiger partial charge in [0.1, 0.15) is 6.04 Å². The molecule has 0 saturated carbocycles. The monoisotopic (exact) mass is 187 g/mol. The maximum Gasteiger partial charge on any atom is 0.320 e. The molecule has 0 heterocycles. The predicted molar refractivity (Wildman–Crippen MR) is 53.8 cm³/mol. The van der Waals surface area contributed by atoms with Crippen LogP contribution in [0.15, 0.2) is 0 Å². The summed E-state index contributed by atoms with van der Waals surface area (Å²) in [4.78, 5) is 10.8. The molecule has 0 aromatic rings. The molecule has 0 bridgehead atoms. The molecule has 2 unspecified atom stereocenters. The van der Waals surface area contributed by atoms with Crippen LogP contribution >= 0.6 is 0 Å². The van der Waals surface area contributed by atoms with Gasteiger partial charge in [-0.15, -0.1) is 0 Å². The van der Waals surface area contributed by atoms with E-state index in [2.05, 4.69) is 12.2 Å². The molecule has 0 aliphatic heterocycles. The third-order valence-electron chi connectivity index (χ3n) is 2.12. The van der Waals surface area contributed by atoms with Gasteiger partial charge in [0.15, 0.2) is 0 Å². The van der Waals surface area contributed by atoms with E-state index in [0.29, 0.717) is 0 Å². The van der Waals surface area contributed by atoms with Gasteiger partial charge in [0.05, 0.1) is 0 Å². The molecular formula is C10H21NO2. The Bertz CT molecular complexity index is 157. The van der Waals surface area contributed by atoms with Crippen LogP contribution in [0.1, 0.15) is 40.5 Å². The SMILES string of the molecule is CCCC(C)NC(C(=O)O)C(C)C. The molecule has 0 aromatic heterocycles. The van der Waals surface area contributed by atoms with Crippen molar-refractivity contribution in [3.05, 3.63) is 0 Å². The fourth-order valence-electron chi connectivity index (χ4n) is 1.37. The first-order valence-electron chi connectivity index (χ1n) is 4.97. The van der Waals surface area contributed by atoms with E-state index in [9.17, 15) is 4.79 Å². The number of carbonyl (C=O) groups is 1. The van der Waals surface area contributed by atoms with Crippen LogP contribution in [0.2, 0.25) is 0 Å². The average molecular weight is 187 g/mol. The number of carboxylic acids is 1. The molecule has 2 atom stereocenters. The molecule has 78 valence electrons. The van der Waals surface area contributed by atoms with Crippen molar-refractivity contribution in [2.75, 3.05) is 0 Å². The van der Waals surface area contributed by atoms with Gasteiger partial charge in [-0.2, -0.15) is 0 Å². The minimum atomic E-state index is -0.752. The molecular weight excluding hydrogens is 166 g/mol. The fraction of sp³-hybridized carbons (Fsp3) is 0.900. The molecule has 0 fully saturated rings. The molecule has 13 heavy (non-hydrogen) atoms. The first-order chi connectivity index (χ1) is 5.99. The van der Waals surface area contributed by atoms with Gasteiger partial charge in [0, 0.05) is 6.04 Å². The zero-order valence-corrected chi connectivity index (χ0v) is 9.00. The first kappa shape index (κ1) is 12.4. The van der Waals surface area contributed by atoms with Gasteiger partial charge < -0.3 is 10.4 Å². The van der Waals surface area contributed by atoms with E-state index in [1.54, 1.807) is 0 Å². The third kappa shape index (κ3) is 4.88. The summed E-state index contributed by atoms with van der Waals surface area (Å²) in [6.45, 7) is 7.97. The topological polar surface area (TPSA) is 49.3 Å². The van der Waals surface area contributed by atoms with E-state index in [1.807, 2.05) is 20.8 Å². The summed E-state index contributed by atoms with van der Waals surface area (Å²) in [6, 6.07) is -0.130. The van der Waals surface area contributed by atoms with Gasteiger partial charge in [-0.25, -0.2) is 0 Å². The largest absolute Gasteiger partial charge is 0.480 e. The second-order valence-corrected chi connectivity index (χ2v) is 3.92. The standard InChI is InChI=1S/C10H21NO2/c1-5-6-8(4)11-9(7(2)3)10(12)13/h7-9,11H,5-6H2,1-4H3,(H,12,13). The summed E-state index contributed by atoms with van der Waals surface area (Å²) in [5.74, 6) is -0.616. The summed E-state index contributed by atoms with van der Waals surface area (Å²) in [6.07, 6.45) is 2.11. The van der Waals surface area contributed by atoms with Crippen molar-refractivity contribution in [3.8, 4) is 0 Å². The normalized spacial score (nSPS) is 15.8. The van der Waals surface area contributed by atoms with Gasteiger partial charge in [0.2, 0.25) is 0 Å². The Hall–Kier alpha value is -0.570. The lowest BCUT2D eigenvalue weighted by Crippen LogP contribution is -2.45. The highest BCUT2D eigenvalue weighted by molar-refractivity contribution is 5.73. The lowest BCUT2D eigenvalue weighted by molar-refractivity contribution is -0.140. The van der Waals surface area contributed by atoms with Crippen molar-refractivity contribution in [1.82, 2.24) is 5.32 Å². The molecule has 3 nitrogen and oxygen atoms in total. The summed E-state index contributed by atoms with van der Waals surface area (Å²) < 4.78 is 0. The first-order valence-corrected chi connectivity index (χ1v) is 4.97. The van der Waals surface area contributed by atoms with Gasteiger partial charge >= 0.3 is 5.97 Å². The molecule has 0 aromatic carbocycles. The highest BCUT2D eigenvalue weighted by atomic mass is 16.4. The van der Waals surface area contributed by atoms with Crippen LogP contribution in [0.25, 0.3) is 0 Å². The van der Waals surface area contributed by atoms with Crippen LogP contribution in [-0.2, 0) is 4.79 Å². The van der Waals surface area contributed by atoms with Crippen molar-refractivity contribution < 1.29 is 9.90 Å². The van der Waals surface area contributed by atoms with Gasteiger partial charge in [0.25, 0.3) is 0 Å². The molecule has 0 aliphatic rings. The Morgan fingerprint density at radius 2 is 1.92 bits per heavy atom. The zero-order valence-electron chi connectivity index (χ0n) is 9.00. The molecule has 0 aliphatic carbocycles. The number of hydrogen-bond donors (Lipinski definition) is 2. The van der Waals surface area contributed by atoms with Gasteiger partial charge in [-0.1, -0.05) is 27.2 Å². The van der Waals surface area contributed by atoms with Crippen molar-refractivity contribution in [3.63, 3.8) is 0 Å². The summed E-state index contributed by atoms with van der Waals surface area (Å²) in [5.41, 5.74) is 0. The van der Waals surface area contributed by atoms with E-state index in [-0.39, 0.29) is 12.0 Å². The highest BCUT2D eigenvalue weighted by Crippen LogP contribution is 2.05. The van der Waals surface area contributed by atoms with Crippen LogP contribution < -0.4 is 5.32 Å². The molecule has 0 spiro atoms.